The van der Waals surface area contributed by atoms with Gasteiger partial charge >= 0.3 is 0 Å². The first-order valence-electron chi connectivity index (χ1n) is 12.6. The van der Waals surface area contributed by atoms with Gasteiger partial charge in [0.1, 0.15) is 11.8 Å². The molecule has 0 spiro atoms. The average molecular weight is 500 g/mol. The zero-order valence-electron chi connectivity index (χ0n) is 21.3. The molecule has 6 nitrogen and oxygen atoms in total. The van der Waals surface area contributed by atoms with E-state index in [0.29, 0.717) is 18.7 Å². The number of rotatable bonds is 6. The summed E-state index contributed by atoms with van der Waals surface area (Å²) < 4.78 is 0. The molecule has 0 radical (unpaired) electrons. The Kier molecular flexibility index (Phi) is 8.70. The van der Waals surface area contributed by atoms with Crippen LogP contribution in [0, 0.1) is 20.8 Å². The van der Waals surface area contributed by atoms with Crippen LogP contribution in [-0.4, -0.2) is 41.5 Å². The van der Waals surface area contributed by atoms with Crippen molar-refractivity contribution in [1.82, 2.24) is 4.90 Å². The maximum Gasteiger partial charge on any atom is 0.251 e. The second-order valence-corrected chi connectivity index (χ2v) is 9.75. The van der Waals surface area contributed by atoms with Crippen LogP contribution in [0.2, 0.25) is 0 Å². The van der Waals surface area contributed by atoms with Gasteiger partial charge in [0.2, 0.25) is 5.91 Å². The molecule has 1 fully saturated rings. The van der Waals surface area contributed by atoms with Crippen LogP contribution in [0.3, 0.4) is 0 Å². The number of nitrogens with one attached hydrogen (secondary N) is 1. The van der Waals surface area contributed by atoms with E-state index in [0.717, 1.165) is 65.9 Å². The third-order valence-corrected chi connectivity index (χ3v) is 7.46. The van der Waals surface area contributed by atoms with E-state index in [4.69, 9.17) is 0 Å². The number of fused-ring (bicyclic) bond motifs is 1. The smallest absolute Gasteiger partial charge is 0.251 e. The molecule has 1 atom stereocenters. The number of carbonyl (C=O) groups excluding carboxylic acids is 2. The largest absolute Gasteiger partial charge is 0.507 e. The summed E-state index contributed by atoms with van der Waals surface area (Å²) in [6.07, 6.45) is 5.34. The molecule has 2 aromatic carbocycles. The third-order valence-electron chi connectivity index (χ3n) is 7.46. The van der Waals surface area contributed by atoms with Gasteiger partial charge in [-0.3, -0.25) is 9.59 Å². The normalized spacial score (nSPS) is 17.1. The first-order valence-corrected chi connectivity index (χ1v) is 12.6. The Balaban J connectivity index is 0.00000342. The Bertz CT molecular complexity index is 1100. The first kappa shape index (κ1) is 26.9. The fourth-order valence-electron chi connectivity index (χ4n) is 5.20. The van der Waals surface area contributed by atoms with Crippen molar-refractivity contribution in [3.63, 3.8) is 0 Å². The highest BCUT2D eigenvalue weighted by atomic mass is 35.5. The van der Waals surface area contributed by atoms with Gasteiger partial charge in [-0.25, -0.2) is 0 Å². The summed E-state index contributed by atoms with van der Waals surface area (Å²) in [5.41, 5.74) is 6.19. The minimum Gasteiger partial charge on any atom is -0.507 e. The highest BCUT2D eigenvalue weighted by molar-refractivity contribution is 5.99. The van der Waals surface area contributed by atoms with Crippen LogP contribution in [0.5, 0.6) is 5.75 Å². The topological polar surface area (TPSA) is 72.9 Å². The predicted molar refractivity (Wildman–Crippen MR) is 144 cm³/mol. The number of phenols is 1. The Morgan fingerprint density at radius 1 is 1.06 bits per heavy atom. The summed E-state index contributed by atoms with van der Waals surface area (Å²) in [5, 5.41) is 13.4. The second-order valence-electron chi connectivity index (χ2n) is 9.75. The highest BCUT2D eigenvalue weighted by Crippen LogP contribution is 2.36. The van der Waals surface area contributed by atoms with Crippen molar-refractivity contribution in [1.29, 1.82) is 0 Å². The van der Waals surface area contributed by atoms with E-state index in [1.54, 1.807) is 4.90 Å². The molecule has 0 bridgehead atoms. The van der Waals surface area contributed by atoms with Crippen molar-refractivity contribution >= 4 is 35.6 Å². The molecular formula is C28H38ClN3O3. The Morgan fingerprint density at radius 2 is 1.77 bits per heavy atom. The Morgan fingerprint density at radius 3 is 2.46 bits per heavy atom. The summed E-state index contributed by atoms with van der Waals surface area (Å²) >= 11 is 0. The fraction of sp³-hybridized carbons (Fsp3) is 0.500. The molecule has 7 heteroatoms. The molecular weight excluding hydrogens is 462 g/mol. The van der Waals surface area contributed by atoms with Crippen molar-refractivity contribution in [2.75, 3.05) is 29.9 Å². The Hall–Kier alpha value is -2.73. The minimum absolute atomic E-state index is 0. The van der Waals surface area contributed by atoms with E-state index in [2.05, 4.69) is 35.3 Å². The van der Waals surface area contributed by atoms with Gasteiger partial charge in [-0.15, -0.1) is 12.4 Å². The summed E-state index contributed by atoms with van der Waals surface area (Å²) in [6.45, 7) is 10.3. The second kappa shape index (κ2) is 11.3. The summed E-state index contributed by atoms with van der Waals surface area (Å²) in [4.78, 5) is 31.2. The number of aryl methyl sites for hydroxylation is 1. The van der Waals surface area contributed by atoms with Crippen molar-refractivity contribution in [3.05, 3.63) is 52.1 Å². The van der Waals surface area contributed by atoms with Crippen LogP contribution in [0.25, 0.3) is 0 Å². The zero-order chi connectivity index (χ0) is 24.4. The van der Waals surface area contributed by atoms with E-state index in [-0.39, 0.29) is 30.0 Å². The average Bonchev–Trinajstić information content (AvgIpc) is 3.38. The highest BCUT2D eigenvalue weighted by Gasteiger charge is 2.36. The van der Waals surface area contributed by atoms with E-state index in [1.807, 2.05) is 26.8 Å². The maximum atomic E-state index is 13.8. The summed E-state index contributed by atoms with van der Waals surface area (Å²) in [7, 11) is 0. The SMILES string of the molecule is CCCCC(=O)N1CCc2ccc(N3CCCC3)cc2C1C(=O)Nc1cc(C)c(O)c(C)c1C.Cl. The van der Waals surface area contributed by atoms with Gasteiger partial charge in [-0.1, -0.05) is 19.4 Å². The van der Waals surface area contributed by atoms with Gasteiger partial charge in [0.05, 0.1) is 0 Å². The lowest BCUT2D eigenvalue weighted by atomic mass is 9.90. The molecule has 2 aromatic rings. The molecule has 0 aromatic heterocycles. The maximum absolute atomic E-state index is 13.8. The number of anilines is 2. The van der Waals surface area contributed by atoms with Crippen LogP contribution < -0.4 is 10.2 Å². The number of carbonyl (C=O) groups is 2. The zero-order valence-corrected chi connectivity index (χ0v) is 22.1. The van der Waals surface area contributed by atoms with Crippen LogP contribution in [0.1, 0.15) is 72.9 Å². The molecule has 2 N–H and O–H groups in total. The lowest BCUT2D eigenvalue weighted by molar-refractivity contribution is -0.139. The molecule has 0 aliphatic carbocycles. The lowest BCUT2D eigenvalue weighted by Gasteiger charge is -2.37. The van der Waals surface area contributed by atoms with Crippen LogP contribution in [0.15, 0.2) is 24.3 Å². The van der Waals surface area contributed by atoms with Crippen LogP contribution >= 0.6 is 12.4 Å². The van der Waals surface area contributed by atoms with Gasteiger partial charge in [0.15, 0.2) is 0 Å². The molecule has 2 amide bonds. The molecule has 0 saturated carbocycles. The molecule has 2 aliphatic heterocycles. The minimum atomic E-state index is -0.663. The van der Waals surface area contributed by atoms with Crippen molar-refractivity contribution in [3.8, 4) is 5.75 Å². The summed E-state index contributed by atoms with van der Waals surface area (Å²) in [6, 6.07) is 7.57. The van der Waals surface area contributed by atoms with Gasteiger partial charge < -0.3 is 20.2 Å². The van der Waals surface area contributed by atoms with Gasteiger partial charge in [0.25, 0.3) is 5.91 Å². The number of nitrogens with zero attached hydrogens (tertiary/aromatic N) is 2. The molecule has 2 aliphatic rings. The van der Waals surface area contributed by atoms with E-state index >= 15 is 0 Å². The third kappa shape index (κ3) is 5.43. The van der Waals surface area contributed by atoms with Crippen molar-refractivity contribution in [2.45, 2.75) is 72.3 Å². The monoisotopic (exact) mass is 499 g/mol. The molecule has 1 saturated heterocycles. The number of aromatic hydroxyl groups is 1. The fourth-order valence-corrected chi connectivity index (χ4v) is 5.20. The van der Waals surface area contributed by atoms with E-state index in [1.165, 1.54) is 12.8 Å². The summed E-state index contributed by atoms with van der Waals surface area (Å²) in [5.74, 6) is 0.0936. The first-order chi connectivity index (χ1) is 16.3. The van der Waals surface area contributed by atoms with Crippen LogP contribution in [-0.2, 0) is 16.0 Å². The standard InChI is InChI=1S/C28H37N3O3.ClH/c1-5-6-9-25(32)31-15-12-21-10-11-22(30-13-7-8-14-30)17-23(21)26(31)28(34)29-24-16-18(2)27(33)20(4)19(24)3;/h10-11,16-17,26,33H,5-9,12-15H2,1-4H3,(H,29,34);1H. The van der Waals surface area contributed by atoms with Gasteiger partial charge in [-0.2, -0.15) is 0 Å². The molecule has 190 valence electrons. The quantitative estimate of drug-likeness (QED) is 0.508. The number of hydrogen-bond acceptors (Lipinski definition) is 4. The van der Waals surface area contributed by atoms with E-state index < -0.39 is 6.04 Å². The molecule has 35 heavy (non-hydrogen) atoms. The predicted octanol–water partition coefficient (Wildman–Crippen LogP) is 5.59. The lowest BCUT2D eigenvalue weighted by Crippen LogP contribution is -2.45. The Labute approximate surface area is 215 Å². The number of benzene rings is 2. The van der Waals surface area contributed by atoms with Gasteiger partial charge in [0, 0.05) is 37.4 Å². The molecule has 4 rings (SSSR count). The number of phenolic OH excluding ortho intramolecular Hbond substituents is 1. The number of unbranched alkanes of at least 4 members (excludes halogenated alkanes) is 1. The van der Waals surface area contributed by atoms with Crippen molar-refractivity contribution in [2.24, 2.45) is 0 Å². The van der Waals surface area contributed by atoms with Gasteiger partial charge in [-0.05, 0) is 92.5 Å². The number of amides is 2. The van der Waals surface area contributed by atoms with Crippen molar-refractivity contribution < 1.29 is 14.7 Å². The molecule has 2 heterocycles. The van der Waals surface area contributed by atoms with E-state index in [9.17, 15) is 14.7 Å². The number of hydrogen-bond donors (Lipinski definition) is 2. The molecule has 1 unspecified atom stereocenters. The van der Waals surface area contributed by atoms with Crippen LogP contribution in [0.4, 0.5) is 11.4 Å². The number of halogens is 1.